The molecule has 5 nitrogen and oxygen atoms in total. The second-order valence-corrected chi connectivity index (χ2v) is 8.57. The molecular weight excluding hydrogens is 302 g/mol. The normalized spacial score (nSPS) is 26.2. The first kappa shape index (κ1) is 15.5. The fraction of sp³-hybridized carbons (Fsp3) is 0.562. The molecule has 120 valence electrons. The van der Waals surface area contributed by atoms with Crippen LogP contribution in [0.1, 0.15) is 18.1 Å². The van der Waals surface area contributed by atoms with Gasteiger partial charge in [0.05, 0.1) is 11.7 Å². The van der Waals surface area contributed by atoms with Crippen molar-refractivity contribution < 1.29 is 18.3 Å². The van der Waals surface area contributed by atoms with Crippen LogP contribution in [0.4, 0.5) is 0 Å². The van der Waals surface area contributed by atoms with Gasteiger partial charge in [-0.1, -0.05) is 31.2 Å². The Morgan fingerprint density at radius 2 is 1.82 bits per heavy atom. The first-order valence-corrected chi connectivity index (χ1v) is 9.25. The molecule has 1 aliphatic heterocycles. The summed E-state index contributed by atoms with van der Waals surface area (Å²) in [6.07, 6.45) is 1.59. The third kappa shape index (κ3) is 2.90. The summed E-state index contributed by atoms with van der Waals surface area (Å²) in [7, 11) is -3.39. The molecule has 0 aromatic heterocycles. The third-order valence-corrected chi connectivity index (χ3v) is 6.85. The minimum Gasteiger partial charge on any atom is -0.481 e. The van der Waals surface area contributed by atoms with Crippen molar-refractivity contribution in [1.29, 1.82) is 0 Å². The van der Waals surface area contributed by atoms with Crippen molar-refractivity contribution in [2.24, 2.45) is 17.8 Å². The highest BCUT2D eigenvalue weighted by Crippen LogP contribution is 2.31. The van der Waals surface area contributed by atoms with Gasteiger partial charge in [0.2, 0.25) is 10.0 Å². The minimum absolute atomic E-state index is 0.0987. The molecular formula is C16H21NO4S. The molecule has 2 atom stereocenters. The maximum atomic E-state index is 12.6. The highest BCUT2D eigenvalue weighted by Gasteiger charge is 2.41. The molecule has 2 aliphatic rings. The molecule has 1 N–H and O–H groups in total. The van der Waals surface area contributed by atoms with Gasteiger partial charge in [0.15, 0.2) is 0 Å². The lowest BCUT2D eigenvalue weighted by Crippen LogP contribution is -2.34. The smallest absolute Gasteiger partial charge is 0.308 e. The quantitative estimate of drug-likeness (QED) is 0.908. The number of sulfonamides is 1. The number of hydrogen-bond donors (Lipinski definition) is 1. The molecule has 1 fully saturated rings. The summed E-state index contributed by atoms with van der Waals surface area (Å²) >= 11 is 0. The zero-order chi connectivity index (χ0) is 15.9. The highest BCUT2D eigenvalue weighted by molar-refractivity contribution is 7.89. The van der Waals surface area contributed by atoms with E-state index < -0.39 is 21.9 Å². The molecule has 6 heteroatoms. The maximum Gasteiger partial charge on any atom is 0.308 e. The number of carbonyl (C=O) groups is 1. The van der Waals surface area contributed by atoms with Crippen LogP contribution in [0.15, 0.2) is 24.3 Å². The SMILES string of the molecule is C[C@@H]1CN(S(=O)(=O)CC2Cc3ccccc3C2)C[C@H]1C(=O)O. The summed E-state index contributed by atoms with van der Waals surface area (Å²) in [6, 6.07) is 8.07. The molecule has 3 rings (SSSR count). The van der Waals surface area contributed by atoms with E-state index in [9.17, 15) is 13.2 Å². The minimum atomic E-state index is -3.39. The number of carboxylic acids is 1. The average molecular weight is 323 g/mol. The molecule has 0 radical (unpaired) electrons. The second kappa shape index (κ2) is 5.66. The third-order valence-electron chi connectivity index (χ3n) is 4.87. The molecule has 1 heterocycles. The van der Waals surface area contributed by atoms with E-state index >= 15 is 0 Å². The Labute approximate surface area is 131 Å². The number of nitrogens with zero attached hydrogens (tertiary/aromatic N) is 1. The molecule has 0 unspecified atom stereocenters. The fourth-order valence-corrected chi connectivity index (χ4v) is 5.53. The summed E-state index contributed by atoms with van der Waals surface area (Å²) in [4.78, 5) is 11.2. The van der Waals surface area contributed by atoms with E-state index in [1.807, 2.05) is 12.1 Å². The van der Waals surface area contributed by atoms with E-state index in [0.29, 0.717) is 6.54 Å². The van der Waals surface area contributed by atoms with Crippen LogP contribution in [0.5, 0.6) is 0 Å². The topological polar surface area (TPSA) is 74.7 Å². The Balaban J connectivity index is 1.67. The van der Waals surface area contributed by atoms with Crippen LogP contribution in [0.2, 0.25) is 0 Å². The number of hydrogen-bond acceptors (Lipinski definition) is 3. The van der Waals surface area contributed by atoms with Crippen LogP contribution in [-0.2, 0) is 27.7 Å². The molecule has 0 bridgehead atoms. The monoisotopic (exact) mass is 323 g/mol. The molecule has 0 saturated carbocycles. The molecule has 1 aliphatic carbocycles. The van der Waals surface area contributed by atoms with Crippen molar-refractivity contribution in [2.45, 2.75) is 19.8 Å². The summed E-state index contributed by atoms with van der Waals surface area (Å²) < 4.78 is 26.5. The van der Waals surface area contributed by atoms with E-state index in [0.717, 1.165) is 12.8 Å². The predicted molar refractivity (Wildman–Crippen MR) is 83.0 cm³/mol. The van der Waals surface area contributed by atoms with Crippen molar-refractivity contribution >= 4 is 16.0 Å². The zero-order valence-electron chi connectivity index (χ0n) is 12.6. The molecule has 0 amide bonds. The van der Waals surface area contributed by atoms with Crippen LogP contribution in [-0.4, -0.2) is 42.6 Å². The molecule has 22 heavy (non-hydrogen) atoms. The molecule has 1 aromatic rings. The first-order valence-electron chi connectivity index (χ1n) is 7.64. The molecule has 1 aromatic carbocycles. The van der Waals surface area contributed by atoms with E-state index in [1.165, 1.54) is 15.4 Å². The van der Waals surface area contributed by atoms with E-state index in [4.69, 9.17) is 5.11 Å². The number of aliphatic carboxylic acids is 1. The Bertz CT molecular complexity index is 660. The summed E-state index contributed by atoms with van der Waals surface area (Å²) in [5.74, 6) is -1.41. The van der Waals surface area contributed by atoms with E-state index in [1.54, 1.807) is 6.92 Å². The van der Waals surface area contributed by atoms with Crippen LogP contribution in [0, 0.1) is 17.8 Å². The van der Waals surface area contributed by atoms with Gasteiger partial charge in [0.25, 0.3) is 0 Å². The van der Waals surface area contributed by atoms with Crippen molar-refractivity contribution in [3.63, 3.8) is 0 Å². The molecule has 1 saturated heterocycles. The van der Waals surface area contributed by atoms with E-state index in [-0.39, 0.29) is 24.1 Å². The van der Waals surface area contributed by atoms with Crippen molar-refractivity contribution in [3.8, 4) is 0 Å². The van der Waals surface area contributed by atoms with Gasteiger partial charge in [-0.05, 0) is 35.8 Å². The standard InChI is InChI=1S/C16H21NO4S/c1-11-8-17(9-15(11)16(18)19)22(20,21)10-12-6-13-4-2-3-5-14(13)7-12/h2-5,11-12,15H,6-10H2,1H3,(H,18,19)/t11-,15-/m1/s1. The van der Waals surface area contributed by atoms with Gasteiger partial charge in [-0.15, -0.1) is 0 Å². The van der Waals surface area contributed by atoms with Crippen LogP contribution >= 0.6 is 0 Å². The van der Waals surface area contributed by atoms with Crippen LogP contribution in [0.25, 0.3) is 0 Å². The second-order valence-electron chi connectivity index (χ2n) is 6.56. The summed E-state index contributed by atoms with van der Waals surface area (Å²) in [5, 5.41) is 9.15. The van der Waals surface area contributed by atoms with Crippen molar-refractivity contribution in [2.75, 3.05) is 18.8 Å². The maximum absolute atomic E-state index is 12.6. The number of carboxylic acid groups (broad SMARTS) is 1. The largest absolute Gasteiger partial charge is 0.481 e. The fourth-order valence-electron chi connectivity index (χ4n) is 3.64. The Kier molecular flexibility index (Phi) is 3.99. The summed E-state index contributed by atoms with van der Waals surface area (Å²) in [6.45, 7) is 2.23. The number of benzene rings is 1. The van der Waals surface area contributed by atoms with Gasteiger partial charge in [-0.3, -0.25) is 4.79 Å². The van der Waals surface area contributed by atoms with Gasteiger partial charge in [-0.2, -0.15) is 0 Å². The van der Waals surface area contributed by atoms with Gasteiger partial charge in [0, 0.05) is 13.1 Å². The predicted octanol–water partition coefficient (Wildman–Crippen LogP) is 1.38. The highest BCUT2D eigenvalue weighted by atomic mass is 32.2. The van der Waals surface area contributed by atoms with E-state index in [2.05, 4.69) is 12.1 Å². The van der Waals surface area contributed by atoms with Crippen LogP contribution in [0.3, 0.4) is 0 Å². The first-order chi connectivity index (χ1) is 10.4. The number of rotatable bonds is 4. The summed E-state index contributed by atoms with van der Waals surface area (Å²) in [5.41, 5.74) is 2.47. The number of fused-ring (bicyclic) bond motifs is 1. The Hall–Kier alpha value is -1.40. The van der Waals surface area contributed by atoms with Gasteiger partial charge < -0.3 is 5.11 Å². The van der Waals surface area contributed by atoms with Gasteiger partial charge in [0.1, 0.15) is 0 Å². The van der Waals surface area contributed by atoms with Gasteiger partial charge in [-0.25, -0.2) is 12.7 Å². The van der Waals surface area contributed by atoms with Crippen molar-refractivity contribution in [1.82, 2.24) is 4.31 Å². The van der Waals surface area contributed by atoms with Crippen molar-refractivity contribution in [3.05, 3.63) is 35.4 Å². The lowest BCUT2D eigenvalue weighted by Gasteiger charge is -2.18. The lowest BCUT2D eigenvalue weighted by atomic mass is 9.99. The lowest BCUT2D eigenvalue weighted by molar-refractivity contribution is -0.142. The van der Waals surface area contributed by atoms with Gasteiger partial charge >= 0.3 is 5.97 Å². The van der Waals surface area contributed by atoms with Crippen LogP contribution < -0.4 is 0 Å². The average Bonchev–Trinajstić information content (AvgIpc) is 3.01. The zero-order valence-corrected chi connectivity index (χ0v) is 13.4. The Morgan fingerprint density at radius 3 is 2.32 bits per heavy atom. The Morgan fingerprint density at radius 1 is 1.23 bits per heavy atom. The molecule has 0 spiro atoms.